The van der Waals surface area contributed by atoms with Crippen LogP contribution in [-0.2, 0) is 40.1 Å². The predicted octanol–water partition coefficient (Wildman–Crippen LogP) is 15.1. The summed E-state index contributed by atoms with van der Waals surface area (Å²) in [7, 11) is -2.80. The van der Waals surface area contributed by atoms with Crippen LogP contribution in [0.4, 0.5) is 0 Å². The fourth-order valence-corrected chi connectivity index (χ4v) is 10.9. The molecule has 0 N–H and O–H groups in total. The van der Waals surface area contributed by atoms with Crippen molar-refractivity contribution < 1.29 is 32.6 Å². The monoisotopic (exact) mass is 963 g/mol. The molecule has 0 fully saturated rings. The molecule has 0 amide bonds. The summed E-state index contributed by atoms with van der Waals surface area (Å²) >= 11 is 0. The SMILES string of the molecule is CC=C[C@@H](C)[C@H](C[C@@H](C=C[C@H](C)[C@H](OC(c1ccccc1)(c1ccccc1)c1ccccc1)[C@@H](C)CC(OCc1ccc(OC)cc1)C(=O)OCC)O[Si](C)(C)C(C)(C)C)O[Si](C)(C)C(C)(C)C. The van der Waals surface area contributed by atoms with Crippen molar-refractivity contribution in [3.63, 3.8) is 0 Å². The van der Waals surface area contributed by atoms with Gasteiger partial charge in [0.1, 0.15) is 11.4 Å². The molecule has 1 unspecified atom stereocenters. The largest absolute Gasteiger partial charge is 0.497 e. The molecule has 0 saturated carbocycles. The zero-order chi connectivity index (χ0) is 50.3. The lowest BCUT2D eigenvalue weighted by Gasteiger charge is -2.43. The second-order valence-corrected chi connectivity index (χ2v) is 31.2. The molecular formula is C59H86O7Si2. The minimum Gasteiger partial charge on any atom is -0.497 e. The van der Waals surface area contributed by atoms with E-state index in [4.69, 9.17) is 27.8 Å². The molecule has 4 aromatic carbocycles. The molecule has 0 saturated heterocycles. The van der Waals surface area contributed by atoms with Crippen LogP contribution in [0.2, 0.25) is 36.3 Å². The Bertz CT molecular complexity index is 2040. The summed E-state index contributed by atoms with van der Waals surface area (Å²) in [5, 5.41) is 0.0361. The van der Waals surface area contributed by atoms with Gasteiger partial charge in [-0.2, -0.15) is 0 Å². The fraction of sp³-hybridized carbons (Fsp3) is 0.508. The van der Waals surface area contributed by atoms with Crippen molar-refractivity contribution in [3.05, 3.63) is 162 Å². The van der Waals surface area contributed by atoms with Crippen LogP contribution >= 0.6 is 0 Å². The Kier molecular flexibility index (Phi) is 20.9. The van der Waals surface area contributed by atoms with E-state index in [1.54, 1.807) is 7.11 Å². The number of carbonyl (C=O) groups excluding carboxylic acids is 1. The first-order chi connectivity index (χ1) is 32.0. The van der Waals surface area contributed by atoms with Crippen LogP contribution in [0.5, 0.6) is 5.75 Å². The van der Waals surface area contributed by atoms with E-state index in [1.807, 2.05) is 49.4 Å². The van der Waals surface area contributed by atoms with Gasteiger partial charge in [0.25, 0.3) is 0 Å². The number of hydrogen-bond acceptors (Lipinski definition) is 7. The zero-order valence-electron chi connectivity index (χ0n) is 44.5. The predicted molar refractivity (Wildman–Crippen MR) is 287 cm³/mol. The van der Waals surface area contributed by atoms with Gasteiger partial charge in [0.05, 0.1) is 38.6 Å². The third-order valence-electron chi connectivity index (χ3n) is 14.4. The van der Waals surface area contributed by atoms with E-state index in [0.717, 1.165) is 28.0 Å². The second-order valence-electron chi connectivity index (χ2n) is 21.7. The molecule has 68 heavy (non-hydrogen) atoms. The van der Waals surface area contributed by atoms with E-state index >= 15 is 0 Å². The summed E-state index contributed by atoms with van der Waals surface area (Å²) in [5.41, 5.74) is 2.93. The van der Waals surface area contributed by atoms with Gasteiger partial charge in [-0.1, -0.05) is 190 Å². The summed E-state index contributed by atoms with van der Waals surface area (Å²) in [4.78, 5) is 13.9. The highest BCUT2D eigenvalue weighted by Crippen LogP contribution is 2.45. The highest BCUT2D eigenvalue weighted by atomic mass is 28.4. The minimum atomic E-state index is -2.28. The Balaban J connectivity index is 1.91. The lowest BCUT2D eigenvalue weighted by atomic mass is 9.78. The van der Waals surface area contributed by atoms with Gasteiger partial charge in [0.2, 0.25) is 0 Å². The number of allylic oxidation sites excluding steroid dienone is 1. The van der Waals surface area contributed by atoms with Crippen LogP contribution in [0.15, 0.2) is 140 Å². The van der Waals surface area contributed by atoms with Gasteiger partial charge in [0, 0.05) is 12.3 Å². The van der Waals surface area contributed by atoms with Crippen LogP contribution in [-0.4, -0.2) is 60.7 Å². The Morgan fingerprint density at radius 1 is 0.632 bits per heavy atom. The van der Waals surface area contributed by atoms with E-state index in [9.17, 15) is 4.79 Å². The van der Waals surface area contributed by atoms with Crippen LogP contribution in [0.3, 0.4) is 0 Å². The van der Waals surface area contributed by atoms with E-state index < -0.39 is 34.4 Å². The second kappa shape index (κ2) is 25.1. The molecule has 9 heteroatoms. The lowest BCUT2D eigenvalue weighted by Crippen LogP contribution is -2.48. The first-order valence-electron chi connectivity index (χ1n) is 24.9. The number of carbonyl (C=O) groups is 1. The molecule has 372 valence electrons. The third kappa shape index (κ3) is 15.2. The van der Waals surface area contributed by atoms with Crippen molar-refractivity contribution in [1.82, 2.24) is 0 Å². The van der Waals surface area contributed by atoms with Gasteiger partial charge >= 0.3 is 5.97 Å². The van der Waals surface area contributed by atoms with Gasteiger partial charge in [-0.05, 0) is 103 Å². The van der Waals surface area contributed by atoms with Crippen LogP contribution in [0, 0.1) is 17.8 Å². The molecule has 0 bridgehead atoms. The smallest absolute Gasteiger partial charge is 0.335 e. The summed E-state index contributed by atoms with van der Waals surface area (Å²) in [6.07, 6.45) is 8.50. The van der Waals surface area contributed by atoms with Gasteiger partial charge < -0.3 is 27.8 Å². The topological polar surface area (TPSA) is 72.5 Å². The summed E-state index contributed by atoms with van der Waals surface area (Å²) < 4.78 is 40.3. The first kappa shape index (κ1) is 56.5. The molecule has 4 aromatic rings. The lowest BCUT2D eigenvalue weighted by molar-refractivity contribution is -0.161. The van der Waals surface area contributed by atoms with Crippen molar-refractivity contribution in [2.24, 2.45) is 17.8 Å². The maximum absolute atomic E-state index is 13.9. The Morgan fingerprint density at radius 2 is 1.12 bits per heavy atom. The zero-order valence-corrected chi connectivity index (χ0v) is 46.5. The fourth-order valence-electron chi connectivity index (χ4n) is 8.24. The van der Waals surface area contributed by atoms with Crippen molar-refractivity contribution in [2.45, 2.75) is 162 Å². The van der Waals surface area contributed by atoms with Gasteiger partial charge in [-0.3, -0.25) is 0 Å². The average Bonchev–Trinajstić information content (AvgIpc) is 3.30. The molecule has 0 heterocycles. The summed E-state index contributed by atoms with van der Waals surface area (Å²) in [6.45, 7) is 34.2. The van der Waals surface area contributed by atoms with Crippen LogP contribution in [0.1, 0.15) is 111 Å². The van der Waals surface area contributed by atoms with Crippen LogP contribution < -0.4 is 4.74 Å². The molecule has 0 spiro atoms. The highest BCUT2D eigenvalue weighted by Gasteiger charge is 2.45. The number of benzene rings is 4. The third-order valence-corrected chi connectivity index (χ3v) is 23.4. The van der Waals surface area contributed by atoms with E-state index in [1.165, 1.54) is 0 Å². The molecule has 7 nitrogen and oxygen atoms in total. The van der Waals surface area contributed by atoms with Gasteiger partial charge in [-0.25, -0.2) is 4.79 Å². The Labute approximate surface area is 414 Å². The summed E-state index contributed by atoms with van der Waals surface area (Å²) in [5.74, 6) is 0.180. The molecule has 0 aliphatic carbocycles. The quantitative estimate of drug-likeness (QED) is 0.0284. The standard InChI is InChI=1S/C59H86O7Si2/c1-17-28-44(3)53(66-68(15,16)58(9,10)11)42-52(65-67(13,14)57(6,7)8)38-35-45(4)55(46(5)41-54(56(60)62-18-2)63-43-47-36-39-51(61-12)40-37-47)64-59(48-29-22-19-23-30-48,49-31-24-20-25-32-49)50-33-26-21-27-34-50/h17,19-40,44-46,52-55H,18,41-43H2,1-16H3/t44-,45+,46+,52-,53+,54?,55+/m1/s1. The molecule has 4 rings (SSSR count). The van der Waals surface area contributed by atoms with Crippen molar-refractivity contribution >= 4 is 22.6 Å². The number of methoxy groups -OCH3 is 1. The average molecular weight is 964 g/mol. The van der Waals surface area contributed by atoms with E-state index in [2.05, 4.69) is 193 Å². The Hall–Kier alpha value is -4.10. The maximum atomic E-state index is 13.9. The highest BCUT2D eigenvalue weighted by molar-refractivity contribution is 6.74. The van der Waals surface area contributed by atoms with Gasteiger partial charge in [0.15, 0.2) is 22.7 Å². The van der Waals surface area contributed by atoms with E-state index in [-0.39, 0.29) is 59.2 Å². The van der Waals surface area contributed by atoms with Crippen molar-refractivity contribution in [2.75, 3.05) is 13.7 Å². The van der Waals surface area contributed by atoms with Crippen molar-refractivity contribution in [1.29, 1.82) is 0 Å². The molecule has 0 aromatic heterocycles. The summed E-state index contributed by atoms with van der Waals surface area (Å²) in [6, 6.07) is 39.2. The number of ether oxygens (including phenoxy) is 4. The first-order valence-corrected chi connectivity index (χ1v) is 30.7. The molecule has 0 aliphatic rings. The van der Waals surface area contributed by atoms with E-state index in [0.29, 0.717) is 12.8 Å². The van der Waals surface area contributed by atoms with Gasteiger partial charge in [-0.15, -0.1) is 0 Å². The number of esters is 1. The normalized spacial score (nSPS) is 16.2. The molecule has 0 aliphatic heterocycles. The number of rotatable bonds is 25. The maximum Gasteiger partial charge on any atom is 0.335 e. The van der Waals surface area contributed by atoms with Crippen LogP contribution in [0.25, 0.3) is 0 Å². The Morgan fingerprint density at radius 3 is 1.56 bits per heavy atom. The minimum absolute atomic E-state index is 0.00975. The molecule has 7 atom stereocenters. The molecule has 0 radical (unpaired) electrons. The molecular weight excluding hydrogens is 877 g/mol. The van der Waals surface area contributed by atoms with Crippen molar-refractivity contribution in [3.8, 4) is 5.75 Å². The number of hydrogen-bond donors (Lipinski definition) is 0.